The summed E-state index contributed by atoms with van der Waals surface area (Å²) in [6.45, 7) is 5.34. The zero-order valence-electron chi connectivity index (χ0n) is 6.58. The maximum atomic E-state index is 11.6. The Labute approximate surface area is 61.6 Å². The molecule has 0 saturated carbocycles. The number of hydrogen-bond acceptors (Lipinski definition) is 1. The molecule has 0 radical (unpaired) electrons. The first-order valence-corrected chi connectivity index (χ1v) is 3.32. The van der Waals surface area contributed by atoms with E-state index in [0.717, 1.165) is 11.3 Å². The van der Waals surface area contributed by atoms with Crippen molar-refractivity contribution in [3.63, 3.8) is 0 Å². The molecule has 0 rings (SSSR count). The summed E-state index contributed by atoms with van der Waals surface area (Å²) in [7, 11) is 1.80. The van der Waals surface area contributed by atoms with Crippen LogP contribution in [0, 0.1) is 0 Å². The largest absolute Gasteiger partial charge is 0.388 e. The first-order valence-electron chi connectivity index (χ1n) is 3.32. The molecule has 10 heavy (non-hydrogen) atoms. The van der Waals surface area contributed by atoms with Gasteiger partial charge in [-0.3, -0.25) is 4.39 Å². The van der Waals surface area contributed by atoms with Gasteiger partial charge in [0.25, 0.3) is 0 Å². The third-order valence-electron chi connectivity index (χ3n) is 1.34. The predicted molar refractivity (Wildman–Crippen MR) is 42.5 cm³/mol. The fourth-order valence-electron chi connectivity index (χ4n) is 0.591. The van der Waals surface area contributed by atoms with Crippen molar-refractivity contribution in [2.24, 2.45) is 0 Å². The van der Waals surface area contributed by atoms with Crippen molar-refractivity contribution in [2.45, 2.75) is 13.3 Å². The molecule has 0 aliphatic carbocycles. The lowest BCUT2D eigenvalue weighted by molar-refractivity contribution is 0.500. The molecule has 0 aromatic rings. The van der Waals surface area contributed by atoms with E-state index >= 15 is 0 Å². The molecule has 58 valence electrons. The fraction of sp³-hybridized carbons (Fsp3) is 0.500. The molecule has 0 saturated heterocycles. The van der Waals surface area contributed by atoms with Gasteiger partial charge in [0, 0.05) is 12.7 Å². The van der Waals surface area contributed by atoms with Crippen LogP contribution in [0.2, 0.25) is 0 Å². The van der Waals surface area contributed by atoms with Gasteiger partial charge in [0.1, 0.15) is 0 Å². The first kappa shape index (κ1) is 9.21. The van der Waals surface area contributed by atoms with Crippen LogP contribution in [0.3, 0.4) is 0 Å². The van der Waals surface area contributed by atoms with Gasteiger partial charge < -0.3 is 5.32 Å². The van der Waals surface area contributed by atoms with Crippen LogP contribution in [0.1, 0.15) is 13.3 Å². The number of alkyl halides is 1. The molecule has 0 aromatic heterocycles. The molecule has 0 aliphatic heterocycles. The molecule has 0 aliphatic rings. The second kappa shape index (κ2) is 5.03. The van der Waals surface area contributed by atoms with Gasteiger partial charge in [-0.05, 0) is 18.9 Å². The Morgan fingerprint density at radius 2 is 2.30 bits per heavy atom. The van der Waals surface area contributed by atoms with Crippen LogP contribution in [0.15, 0.2) is 23.9 Å². The summed E-state index contributed by atoms with van der Waals surface area (Å²) in [5.74, 6) is 0. The average molecular weight is 143 g/mol. The van der Waals surface area contributed by atoms with E-state index in [1.165, 1.54) is 0 Å². The molecule has 1 N–H and O–H groups in total. The Hall–Kier alpha value is -0.790. The van der Waals surface area contributed by atoms with Gasteiger partial charge in [-0.25, -0.2) is 0 Å². The second-order valence-electron chi connectivity index (χ2n) is 2.09. The molecule has 0 amide bonds. The summed E-state index contributed by atoms with van der Waals surface area (Å²) in [5, 5.41) is 2.89. The Kier molecular flexibility index (Phi) is 4.63. The average Bonchev–Trinajstić information content (AvgIpc) is 1.98. The Morgan fingerprint density at radius 3 is 2.70 bits per heavy atom. The molecule has 0 spiro atoms. The Balaban J connectivity index is 3.80. The summed E-state index contributed by atoms with van der Waals surface area (Å²) in [5.41, 5.74) is 1.87. The highest BCUT2D eigenvalue weighted by Gasteiger charge is 1.90. The molecular weight excluding hydrogens is 129 g/mol. The number of rotatable bonds is 4. The van der Waals surface area contributed by atoms with Crippen LogP contribution >= 0.6 is 0 Å². The van der Waals surface area contributed by atoms with Crippen LogP contribution in [0.4, 0.5) is 4.39 Å². The predicted octanol–water partition coefficient (Wildman–Crippen LogP) is 2.03. The van der Waals surface area contributed by atoms with E-state index in [2.05, 4.69) is 11.9 Å². The number of allylic oxidation sites excluding steroid dienone is 2. The van der Waals surface area contributed by atoms with Crippen molar-refractivity contribution in [1.29, 1.82) is 0 Å². The monoisotopic (exact) mass is 143 g/mol. The van der Waals surface area contributed by atoms with E-state index in [0.29, 0.717) is 6.42 Å². The smallest absolute Gasteiger partial charge is 0.0929 e. The summed E-state index contributed by atoms with van der Waals surface area (Å²) in [6, 6.07) is 0. The Morgan fingerprint density at radius 1 is 1.70 bits per heavy atom. The molecule has 2 heteroatoms. The topological polar surface area (TPSA) is 12.0 Å². The minimum absolute atomic E-state index is 0.297. The summed E-state index contributed by atoms with van der Waals surface area (Å²) in [4.78, 5) is 0. The van der Waals surface area contributed by atoms with Gasteiger partial charge in [0.2, 0.25) is 0 Å². The molecule has 0 heterocycles. The summed E-state index contributed by atoms with van der Waals surface area (Å²) < 4.78 is 11.6. The lowest BCUT2D eigenvalue weighted by Crippen LogP contribution is -2.04. The van der Waals surface area contributed by atoms with Crippen molar-refractivity contribution < 1.29 is 4.39 Å². The van der Waals surface area contributed by atoms with Gasteiger partial charge in [-0.2, -0.15) is 0 Å². The quantitative estimate of drug-likeness (QED) is 0.594. The number of nitrogens with one attached hydrogen (secondary N) is 1. The van der Waals surface area contributed by atoms with Crippen LogP contribution in [0.5, 0.6) is 0 Å². The Bertz CT molecular complexity index is 138. The van der Waals surface area contributed by atoms with E-state index in [-0.39, 0.29) is 6.67 Å². The molecule has 0 atom stereocenters. The number of likely N-dealkylation sites (N-methyl/N-ethyl adjacent to an activating group) is 1. The molecule has 1 nitrogen and oxygen atoms in total. The van der Waals surface area contributed by atoms with Crippen molar-refractivity contribution in [1.82, 2.24) is 5.32 Å². The first-order chi connectivity index (χ1) is 4.72. The minimum Gasteiger partial charge on any atom is -0.388 e. The maximum absolute atomic E-state index is 11.6. The lowest BCUT2D eigenvalue weighted by atomic mass is 10.2. The lowest BCUT2D eigenvalue weighted by Gasteiger charge is -2.02. The summed E-state index contributed by atoms with van der Waals surface area (Å²) in [6.07, 6.45) is 2.31. The third-order valence-corrected chi connectivity index (χ3v) is 1.34. The van der Waals surface area contributed by atoms with Crippen molar-refractivity contribution in [3.8, 4) is 0 Å². The minimum atomic E-state index is -0.297. The van der Waals surface area contributed by atoms with Crippen molar-refractivity contribution in [2.75, 3.05) is 13.7 Å². The van der Waals surface area contributed by atoms with E-state index < -0.39 is 0 Å². The van der Waals surface area contributed by atoms with Crippen LogP contribution in [0.25, 0.3) is 0 Å². The third kappa shape index (κ3) is 3.28. The van der Waals surface area contributed by atoms with E-state index in [4.69, 9.17) is 0 Å². The zero-order chi connectivity index (χ0) is 7.98. The van der Waals surface area contributed by atoms with Gasteiger partial charge >= 0.3 is 0 Å². The number of hydrogen-bond donors (Lipinski definition) is 1. The van der Waals surface area contributed by atoms with Crippen LogP contribution in [-0.2, 0) is 0 Å². The van der Waals surface area contributed by atoms with E-state index in [1.807, 2.05) is 13.0 Å². The van der Waals surface area contributed by atoms with Gasteiger partial charge in [-0.1, -0.05) is 12.7 Å². The van der Waals surface area contributed by atoms with Crippen molar-refractivity contribution >= 4 is 0 Å². The second-order valence-corrected chi connectivity index (χ2v) is 2.09. The van der Waals surface area contributed by atoms with Gasteiger partial charge in [-0.15, -0.1) is 0 Å². The molecule has 0 aromatic carbocycles. The zero-order valence-corrected chi connectivity index (χ0v) is 6.58. The van der Waals surface area contributed by atoms with Gasteiger partial charge in [0.05, 0.1) is 6.67 Å². The van der Waals surface area contributed by atoms with Gasteiger partial charge in [0.15, 0.2) is 0 Å². The van der Waals surface area contributed by atoms with Crippen LogP contribution < -0.4 is 5.32 Å². The van der Waals surface area contributed by atoms with Crippen molar-refractivity contribution in [3.05, 3.63) is 23.9 Å². The molecule has 0 bridgehead atoms. The maximum Gasteiger partial charge on any atom is 0.0929 e. The SMILES string of the molecule is C=C(NC)/C(C)=C/CCF. The molecule has 0 fully saturated rings. The van der Waals surface area contributed by atoms with E-state index in [1.54, 1.807) is 7.05 Å². The molecule has 0 unspecified atom stereocenters. The standard InChI is InChI=1S/C8H14FN/c1-7(5-4-6-9)8(2)10-3/h5,10H,2,4,6H2,1,3H3/b7-5+. The van der Waals surface area contributed by atoms with Crippen LogP contribution in [-0.4, -0.2) is 13.7 Å². The summed E-state index contributed by atoms with van der Waals surface area (Å²) >= 11 is 0. The highest BCUT2D eigenvalue weighted by molar-refractivity contribution is 5.23. The normalized spacial score (nSPS) is 11.3. The highest BCUT2D eigenvalue weighted by Crippen LogP contribution is 2.03. The van der Waals surface area contributed by atoms with E-state index in [9.17, 15) is 4.39 Å². The highest BCUT2D eigenvalue weighted by atomic mass is 19.1. The fourth-order valence-corrected chi connectivity index (χ4v) is 0.591. The number of halogens is 1. The molecular formula is C8H14FN.